The average molecular weight is 307 g/mol. The Labute approximate surface area is 127 Å². The minimum absolute atomic E-state index is 0.172. The topological polar surface area (TPSA) is 58.6 Å². The maximum absolute atomic E-state index is 12.6. The van der Waals surface area contributed by atoms with Gasteiger partial charge in [-0.25, -0.2) is 0 Å². The van der Waals surface area contributed by atoms with E-state index in [2.05, 4.69) is 11.9 Å². The van der Waals surface area contributed by atoms with Crippen LogP contribution in [-0.2, 0) is 9.53 Å². The fourth-order valence-electron chi connectivity index (χ4n) is 2.84. The van der Waals surface area contributed by atoms with Gasteiger partial charge in [0.15, 0.2) is 0 Å². The van der Waals surface area contributed by atoms with E-state index >= 15 is 0 Å². The maximum atomic E-state index is 12.6. The summed E-state index contributed by atoms with van der Waals surface area (Å²) in [7, 11) is 0. The fourth-order valence-corrected chi connectivity index (χ4v) is 3.01. The highest BCUT2D eigenvalue weighted by Crippen LogP contribution is 2.31. The number of hydrogen-bond donors (Lipinski definition) is 1. The van der Waals surface area contributed by atoms with Crippen LogP contribution >= 0.6 is 11.6 Å². The number of nitrogens with zero attached hydrogens (tertiary/aromatic N) is 1. The Morgan fingerprint density at radius 2 is 2.29 bits per heavy atom. The zero-order chi connectivity index (χ0) is 15.0. The SMILES string of the molecule is C=CCO[C@H]1CCN2C(=O)c3ccc(Cl)cc3NC(=O)[C@H]12. The van der Waals surface area contributed by atoms with Gasteiger partial charge in [-0.05, 0) is 24.6 Å². The number of ether oxygens (including phenoxy) is 1. The molecule has 2 heterocycles. The molecule has 2 aliphatic heterocycles. The third-order valence-electron chi connectivity index (χ3n) is 3.77. The molecule has 2 atom stereocenters. The lowest BCUT2D eigenvalue weighted by atomic mass is 10.1. The summed E-state index contributed by atoms with van der Waals surface area (Å²) in [5, 5.41) is 3.26. The third kappa shape index (κ3) is 2.43. The summed E-state index contributed by atoms with van der Waals surface area (Å²) in [6.07, 6.45) is 1.96. The minimum atomic E-state index is -0.608. The smallest absolute Gasteiger partial charge is 0.256 e. The lowest BCUT2D eigenvalue weighted by Crippen LogP contribution is -2.46. The Balaban J connectivity index is 1.95. The highest BCUT2D eigenvalue weighted by molar-refractivity contribution is 6.31. The van der Waals surface area contributed by atoms with E-state index in [1.165, 1.54) is 0 Å². The molecule has 1 aromatic carbocycles. The van der Waals surface area contributed by atoms with Crippen LogP contribution in [0.1, 0.15) is 16.8 Å². The standard InChI is InChI=1S/C15H15ClN2O3/c1-2-7-21-12-5-6-18-13(12)14(19)17-11-8-9(16)3-4-10(11)15(18)20/h2-4,8,12-13H,1,5-7H2,(H,17,19)/t12-,13-/m0/s1. The van der Waals surface area contributed by atoms with Crippen LogP contribution in [0.25, 0.3) is 0 Å². The van der Waals surface area contributed by atoms with Crippen LogP contribution in [0.4, 0.5) is 5.69 Å². The van der Waals surface area contributed by atoms with Gasteiger partial charge in [-0.1, -0.05) is 17.7 Å². The lowest BCUT2D eigenvalue weighted by Gasteiger charge is -2.24. The molecular weight excluding hydrogens is 292 g/mol. The summed E-state index contributed by atoms with van der Waals surface area (Å²) in [6, 6.07) is 4.27. The summed E-state index contributed by atoms with van der Waals surface area (Å²) in [5.74, 6) is -0.411. The molecule has 0 unspecified atom stereocenters. The van der Waals surface area contributed by atoms with E-state index in [0.29, 0.717) is 35.8 Å². The van der Waals surface area contributed by atoms with Crippen molar-refractivity contribution in [2.75, 3.05) is 18.5 Å². The lowest BCUT2D eigenvalue weighted by molar-refractivity contribution is -0.122. The van der Waals surface area contributed by atoms with Crippen LogP contribution in [0.2, 0.25) is 5.02 Å². The Kier molecular flexibility index (Phi) is 3.69. The molecular formula is C15H15ClN2O3. The average Bonchev–Trinajstić information content (AvgIpc) is 2.84. The molecule has 6 heteroatoms. The number of halogens is 1. The first kappa shape index (κ1) is 14.1. The minimum Gasteiger partial charge on any atom is -0.371 e. The molecule has 0 radical (unpaired) electrons. The van der Waals surface area contributed by atoms with Crippen molar-refractivity contribution in [2.24, 2.45) is 0 Å². The predicted octanol–water partition coefficient (Wildman–Crippen LogP) is 2.08. The molecule has 2 amide bonds. The number of nitrogens with one attached hydrogen (secondary N) is 1. The van der Waals surface area contributed by atoms with Crippen molar-refractivity contribution in [1.82, 2.24) is 4.90 Å². The van der Waals surface area contributed by atoms with E-state index in [4.69, 9.17) is 16.3 Å². The number of fused-ring (bicyclic) bond motifs is 2. The van der Waals surface area contributed by atoms with Gasteiger partial charge in [-0.2, -0.15) is 0 Å². The van der Waals surface area contributed by atoms with Gasteiger partial charge < -0.3 is 15.0 Å². The summed E-state index contributed by atoms with van der Waals surface area (Å²) in [6.45, 7) is 4.46. The highest BCUT2D eigenvalue weighted by Gasteiger charge is 2.45. The van der Waals surface area contributed by atoms with Gasteiger partial charge in [0.1, 0.15) is 6.04 Å². The number of carbonyl (C=O) groups is 2. The van der Waals surface area contributed by atoms with Crippen molar-refractivity contribution in [3.63, 3.8) is 0 Å². The van der Waals surface area contributed by atoms with Gasteiger partial charge >= 0.3 is 0 Å². The molecule has 0 spiro atoms. The number of carbonyl (C=O) groups excluding carboxylic acids is 2. The Morgan fingerprint density at radius 1 is 1.48 bits per heavy atom. The fraction of sp³-hybridized carbons (Fsp3) is 0.333. The van der Waals surface area contributed by atoms with Gasteiger partial charge in [0.25, 0.3) is 5.91 Å². The Hall–Kier alpha value is -1.85. The molecule has 1 N–H and O–H groups in total. The molecule has 0 aliphatic carbocycles. The second-order valence-corrected chi connectivity index (χ2v) is 5.51. The van der Waals surface area contributed by atoms with Gasteiger partial charge in [0.2, 0.25) is 5.91 Å². The van der Waals surface area contributed by atoms with Crippen LogP contribution in [0.5, 0.6) is 0 Å². The molecule has 2 aliphatic rings. The second-order valence-electron chi connectivity index (χ2n) is 5.07. The van der Waals surface area contributed by atoms with Gasteiger partial charge in [0, 0.05) is 11.6 Å². The van der Waals surface area contributed by atoms with Crippen molar-refractivity contribution < 1.29 is 14.3 Å². The second kappa shape index (κ2) is 5.50. The molecule has 5 nitrogen and oxygen atoms in total. The summed E-state index contributed by atoms with van der Waals surface area (Å²) in [5.41, 5.74) is 0.911. The quantitative estimate of drug-likeness (QED) is 0.870. The zero-order valence-electron chi connectivity index (χ0n) is 11.3. The van der Waals surface area contributed by atoms with E-state index in [1.54, 1.807) is 29.2 Å². The van der Waals surface area contributed by atoms with Crippen LogP contribution in [0, 0.1) is 0 Å². The number of benzene rings is 1. The zero-order valence-corrected chi connectivity index (χ0v) is 12.1. The van der Waals surface area contributed by atoms with Crippen LogP contribution in [0.3, 0.4) is 0 Å². The van der Waals surface area contributed by atoms with E-state index in [-0.39, 0.29) is 17.9 Å². The normalized spacial score (nSPS) is 24.1. The van der Waals surface area contributed by atoms with Crippen LogP contribution in [-0.4, -0.2) is 42.0 Å². The van der Waals surface area contributed by atoms with Crippen molar-refractivity contribution in [3.05, 3.63) is 41.4 Å². The third-order valence-corrected chi connectivity index (χ3v) is 4.01. The highest BCUT2D eigenvalue weighted by atomic mass is 35.5. The number of amides is 2. The molecule has 0 aromatic heterocycles. The first-order valence-electron chi connectivity index (χ1n) is 6.75. The number of rotatable bonds is 3. The molecule has 110 valence electrons. The van der Waals surface area contributed by atoms with E-state index < -0.39 is 6.04 Å². The maximum Gasteiger partial charge on any atom is 0.256 e. The number of hydrogen-bond acceptors (Lipinski definition) is 3. The summed E-state index contributed by atoms with van der Waals surface area (Å²) >= 11 is 5.93. The Bertz CT molecular complexity index is 617. The van der Waals surface area contributed by atoms with E-state index in [0.717, 1.165) is 0 Å². The molecule has 1 aromatic rings. The predicted molar refractivity (Wildman–Crippen MR) is 79.5 cm³/mol. The first-order valence-corrected chi connectivity index (χ1v) is 7.13. The van der Waals surface area contributed by atoms with Crippen molar-refractivity contribution >= 4 is 29.1 Å². The summed E-state index contributed by atoms with van der Waals surface area (Å²) in [4.78, 5) is 26.6. The molecule has 21 heavy (non-hydrogen) atoms. The molecule has 1 fully saturated rings. The van der Waals surface area contributed by atoms with Gasteiger partial charge in [-0.3, -0.25) is 9.59 Å². The molecule has 3 rings (SSSR count). The summed E-state index contributed by atoms with van der Waals surface area (Å²) < 4.78 is 5.62. The first-order chi connectivity index (χ1) is 10.1. The number of anilines is 1. The van der Waals surface area contributed by atoms with Crippen molar-refractivity contribution in [3.8, 4) is 0 Å². The van der Waals surface area contributed by atoms with Gasteiger partial charge in [-0.15, -0.1) is 6.58 Å². The molecule has 0 bridgehead atoms. The van der Waals surface area contributed by atoms with Crippen molar-refractivity contribution in [2.45, 2.75) is 18.6 Å². The van der Waals surface area contributed by atoms with Gasteiger partial charge in [0.05, 0.1) is 24.0 Å². The molecule has 0 saturated carbocycles. The van der Waals surface area contributed by atoms with Crippen LogP contribution in [0.15, 0.2) is 30.9 Å². The van der Waals surface area contributed by atoms with Crippen molar-refractivity contribution in [1.29, 1.82) is 0 Å². The largest absolute Gasteiger partial charge is 0.371 e. The Morgan fingerprint density at radius 3 is 3.05 bits per heavy atom. The monoisotopic (exact) mass is 306 g/mol. The van der Waals surface area contributed by atoms with E-state index in [1.807, 2.05) is 0 Å². The van der Waals surface area contributed by atoms with E-state index in [9.17, 15) is 9.59 Å². The molecule has 1 saturated heterocycles. The van der Waals surface area contributed by atoms with Crippen LogP contribution < -0.4 is 5.32 Å².